The van der Waals surface area contributed by atoms with Gasteiger partial charge >= 0.3 is 6.61 Å². The predicted molar refractivity (Wildman–Crippen MR) is 110 cm³/mol. The first kappa shape index (κ1) is 23.0. The Morgan fingerprint density at radius 3 is 2.26 bits per heavy atom. The van der Waals surface area contributed by atoms with E-state index in [4.69, 9.17) is 4.74 Å². The Labute approximate surface area is 180 Å². The molecular weight excluding hydrogens is 430 g/mol. The minimum absolute atomic E-state index is 0.0159. The van der Waals surface area contributed by atoms with Crippen molar-refractivity contribution >= 4 is 15.9 Å². The topological polar surface area (TPSA) is 76.2 Å². The van der Waals surface area contributed by atoms with Crippen LogP contribution in [0.2, 0.25) is 0 Å². The number of nitrogens with zero attached hydrogens (tertiary/aromatic N) is 2. The molecule has 31 heavy (non-hydrogen) atoms. The van der Waals surface area contributed by atoms with Gasteiger partial charge in [-0.3, -0.25) is 4.79 Å². The molecule has 3 rings (SSSR count). The van der Waals surface area contributed by atoms with Crippen LogP contribution in [-0.4, -0.2) is 63.4 Å². The van der Waals surface area contributed by atoms with Crippen molar-refractivity contribution in [3.63, 3.8) is 0 Å². The van der Waals surface area contributed by atoms with Crippen LogP contribution in [0.15, 0.2) is 41.3 Å². The summed E-state index contributed by atoms with van der Waals surface area (Å²) in [6.07, 6.45) is 0. The molecule has 0 bridgehead atoms. The Kier molecular flexibility index (Phi) is 6.80. The van der Waals surface area contributed by atoms with E-state index in [1.165, 1.54) is 34.5 Å². The summed E-state index contributed by atoms with van der Waals surface area (Å²) in [7, 11) is -2.37. The number of sulfonamides is 1. The van der Waals surface area contributed by atoms with E-state index in [1.54, 1.807) is 19.1 Å². The SMILES string of the molecule is COc1cc(C(=O)N2CCN(S(=O)(=O)c3ccc(C)cc3C)CC2)ccc1OC(F)F. The molecule has 2 aromatic carbocycles. The molecule has 0 N–H and O–H groups in total. The molecule has 0 unspecified atom stereocenters. The normalized spacial score (nSPS) is 15.2. The highest BCUT2D eigenvalue weighted by Crippen LogP contribution is 2.30. The van der Waals surface area contributed by atoms with E-state index in [0.717, 1.165) is 5.56 Å². The molecule has 0 atom stereocenters. The Hall–Kier alpha value is -2.72. The number of ether oxygens (including phenoxy) is 2. The number of halogens is 2. The van der Waals surface area contributed by atoms with Crippen molar-refractivity contribution < 1.29 is 31.5 Å². The van der Waals surface area contributed by atoms with Gasteiger partial charge in [-0.1, -0.05) is 17.7 Å². The van der Waals surface area contributed by atoms with Crippen molar-refractivity contribution in [2.75, 3.05) is 33.3 Å². The zero-order valence-electron chi connectivity index (χ0n) is 17.5. The van der Waals surface area contributed by atoms with E-state index in [-0.39, 0.29) is 54.0 Å². The van der Waals surface area contributed by atoms with E-state index in [0.29, 0.717) is 5.56 Å². The molecule has 2 aromatic rings. The number of hydrogen-bond acceptors (Lipinski definition) is 5. The molecule has 0 aromatic heterocycles. The fraction of sp³-hybridized carbons (Fsp3) is 0.381. The molecule has 0 saturated carbocycles. The highest BCUT2D eigenvalue weighted by molar-refractivity contribution is 7.89. The molecule has 0 radical (unpaired) electrons. The van der Waals surface area contributed by atoms with Crippen molar-refractivity contribution in [3.8, 4) is 11.5 Å². The average Bonchev–Trinajstić information content (AvgIpc) is 2.73. The molecule has 10 heteroatoms. The van der Waals surface area contributed by atoms with Crippen LogP contribution in [0.3, 0.4) is 0 Å². The second-order valence-electron chi connectivity index (χ2n) is 7.21. The third-order valence-corrected chi connectivity index (χ3v) is 7.16. The largest absolute Gasteiger partial charge is 0.493 e. The lowest BCUT2D eigenvalue weighted by atomic mass is 10.1. The van der Waals surface area contributed by atoms with Crippen LogP contribution in [0.25, 0.3) is 0 Å². The zero-order chi connectivity index (χ0) is 22.8. The molecule has 1 fully saturated rings. The van der Waals surface area contributed by atoms with Crippen LogP contribution in [0.4, 0.5) is 8.78 Å². The summed E-state index contributed by atoms with van der Waals surface area (Å²) in [6.45, 7) is 1.38. The van der Waals surface area contributed by atoms with Crippen molar-refractivity contribution in [2.45, 2.75) is 25.4 Å². The summed E-state index contributed by atoms with van der Waals surface area (Å²) in [5.41, 5.74) is 1.90. The number of hydrogen-bond donors (Lipinski definition) is 0. The minimum Gasteiger partial charge on any atom is -0.493 e. The molecule has 1 heterocycles. The van der Waals surface area contributed by atoms with Crippen molar-refractivity contribution in [1.82, 2.24) is 9.21 Å². The summed E-state index contributed by atoms with van der Waals surface area (Å²) < 4.78 is 61.8. The Morgan fingerprint density at radius 1 is 1.00 bits per heavy atom. The summed E-state index contributed by atoms with van der Waals surface area (Å²) in [6, 6.07) is 9.14. The molecule has 1 amide bonds. The maximum Gasteiger partial charge on any atom is 0.387 e. The lowest BCUT2D eigenvalue weighted by molar-refractivity contribution is -0.0512. The quantitative estimate of drug-likeness (QED) is 0.671. The molecular formula is C21H24F2N2O5S. The molecule has 1 saturated heterocycles. The van der Waals surface area contributed by atoms with E-state index in [2.05, 4.69) is 4.74 Å². The first-order chi connectivity index (χ1) is 14.6. The first-order valence-corrected chi connectivity index (χ1v) is 11.1. The number of piperazine rings is 1. The van der Waals surface area contributed by atoms with Crippen molar-refractivity contribution in [3.05, 3.63) is 53.1 Å². The van der Waals surface area contributed by atoms with Crippen LogP contribution in [-0.2, 0) is 10.0 Å². The fourth-order valence-electron chi connectivity index (χ4n) is 3.54. The van der Waals surface area contributed by atoms with Crippen LogP contribution in [0.5, 0.6) is 11.5 Å². The van der Waals surface area contributed by atoms with Crippen molar-refractivity contribution in [1.29, 1.82) is 0 Å². The summed E-state index contributed by atoms with van der Waals surface area (Å²) in [4.78, 5) is 14.6. The third kappa shape index (κ3) is 4.96. The number of alkyl halides is 2. The van der Waals surface area contributed by atoms with Crippen LogP contribution >= 0.6 is 0 Å². The van der Waals surface area contributed by atoms with Crippen molar-refractivity contribution in [2.24, 2.45) is 0 Å². The van der Waals surface area contributed by atoms with Crippen LogP contribution in [0.1, 0.15) is 21.5 Å². The number of amides is 1. The summed E-state index contributed by atoms with van der Waals surface area (Å²) >= 11 is 0. The molecule has 1 aliphatic heterocycles. The Bertz CT molecular complexity index is 1070. The van der Waals surface area contributed by atoms with Gasteiger partial charge in [-0.05, 0) is 43.7 Å². The standard InChI is InChI=1S/C21H24F2N2O5S/c1-14-4-7-19(15(2)12-14)31(27,28)25-10-8-24(9-11-25)20(26)16-5-6-17(30-21(22)23)18(13-16)29-3/h4-7,12-13,21H,8-11H2,1-3H3. The van der Waals surface area contributed by atoms with Gasteiger partial charge in [0.2, 0.25) is 10.0 Å². The van der Waals surface area contributed by atoms with Gasteiger partial charge in [0.25, 0.3) is 5.91 Å². The lowest BCUT2D eigenvalue weighted by Crippen LogP contribution is -2.50. The number of methoxy groups -OCH3 is 1. The fourth-order valence-corrected chi connectivity index (χ4v) is 5.16. The summed E-state index contributed by atoms with van der Waals surface area (Å²) in [5, 5.41) is 0. The third-order valence-electron chi connectivity index (χ3n) is 5.10. The molecule has 7 nitrogen and oxygen atoms in total. The average molecular weight is 454 g/mol. The number of carbonyl (C=O) groups excluding carboxylic acids is 1. The first-order valence-electron chi connectivity index (χ1n) is 9.63. The molecule has 0 spiro atoms. The number of carbonyl (C=O) groups is 1. The minimum atomic E-state index is -3.66. The number of rotatable bonds is 6. The monoisotopic (exact) mass is 454 g/mol. The van der Waals surface area contributed by atoms with E-state index >= 15 is 0 Å². The number of aryl methyl sites for hydroxylation is 2. The second-order valence-corrected chi connectivity index (χ2v) is 9.12. The Morgan fingerprint density at radius 2 is 1.68 bits per heavy atom. The molecule has 1 aliphatic rings. The molecule has 0 aliphatic carbocycles. The maximum atomic E-state index is 13.0. The van der Waals surface area contributed by atoms with E-state index in [1.807, 2.05) is 13.0 Å². The second kappa shape index (κ2) is 9.19. The van der Waals surface area contributed by atoms with Gasteiger partial charge in [0.1, 0.15) is 0 Å². The smallest absolute Gasteiger partial charge is 0.387 e. The number of benzene rings is 2. The van der Waals surface area contributed by atoms with Gasteiger partial charge in [0.05, 0.1) is 12.0 Å². The van der Waals surface area contributed by atoms with Crippen LogP contribution < -0.4 is 9.47 Å². The lowest BCUT2D eigenvalue weighted by Gasteiger charge is -2.34. The van der Waals surface area contributed by atoms with E-state index < -0.39 is 16.6 Å². The van der Waals surface area contributed by atoms with Gasteiger partial charge < -0.3 is 14.4 Å². The zero-order valence-corrected chi connectivity index (χ0v) is 18.3. The highest BCUT2D eigenvalue weighted by Gasteiger charge is 2.31. The van der Waals surface area contributed by atoms with Gasteiger partial charge in [-0.2, -0.15) is 13.1 Å². The van der Waals surface area contributed by atoms with E-state index in [9.17, 15) is 22.0 Å². The van der Waals surface area contributed by atoms with Gasteiger partial charge in [0.15, 0.2) is 11.5 Å². The highest BCUT2D eigenvalue weighted by atomic mass is 32.2. The molecule has 168 valence electrons. The summed E-state index contributed by atoms with van der Waals surface area (Å²) in [5.74, 6) is -0.494. The Balaban J connectivity index is 1.71. The van der Waals surface area contributed by atoms with Gasteiger partial charge in [-0.15, -0.1) is 0 Å². The van der Waals surface area contributed by atoms with Crippen LogP contribution in [0, 0.1) is 13.8 Å². The maximum absolute atomic E-state index is 13.0. The predicted octanol–water partition coefficient (Wildman–Crippen LogP) is 3.06. The van der Waals surface area contributed by atoms with Gasteiger partial charge in [0, 0.05) is 31.7 Å². The van der Waals surface area contributed by atoms with Gasteiger partial charge in [-0.25, -0.2) is 8.42 Å².